The number of aromatic nitrogens is 9. The van der Waals surface area contributed by atoms with Gasteiger partial charge in [-0.15, -0.1) is 34.0 Å². The van der Waals surface area contributed by atoms with Crippen molar-refractivity contribution in [1.29, 1.82) is 0 Å². The van der Waals surface area contributed by atoms with Crippen molar-refractivity contribution in [3.63, 3.8) is 0 Å². The molecule has 0 radical (unpaired) electrons. The van der Waals surface area contributed by atoms with E-state index in [1.165, 1.54) is 57.5 Å². The number of thiophene rings is 3. The molecule has 434 valence electrons. The summed E-state index contributed by atoms with van der Waals surface area (Å²) in [6.45, 7) is 4.03. The second-order valence-corrected chi connectivity index (χ2v) is 23.7. The van der Waals surface area contributed by atoms with E-state index in [-0.39, 0.29) is 48.4 Å². The third kappa shape index (κ3) is 12.0. The highest BCUT2D eigenvalue weighted by Gasteiger charge is 2.33. The fourth-order valence-corrected chi connectivity index (χ4v) is 12.3. The second kappa shape index (κ2) is 25.5. The molecule has 18 nitrogen and oxygen atoms in total. The lowest BCUT2D eigenvalue weighted by Crippen LogP contribution is -2.54. The van der Waals surface area contributed by atoms with Crippen LogP contribution in [-0.2, 0) is 14.4 Å². The van der Waals surface area contributed by atoms with Gasteiger partial charge in [0.15, 0.2) is 16.9 Å². The Labute approximate surface area is 515 Å². The number of amides is 3. The molecule has 12 aromatic rings. The maximum Gasteiger partial charge on any atom is 0.244 e. The lowest BCUT2D eigenvalue weighted by atomic mass is 10.0. The summed E-state index contributed by atoms with van der Waals surface area (Å²) in [5.41, 5.74) is 14.1. The van der Waals surface area contributed by atoms with Gasteiger partial charge in [-0.25, -0.2) is 28.5 Å². The van der Waals surface area contributed by atoms with Crippen LogP contribution in [0.3, 0.4) is 0 Å². The van der Waals surface area contributed by atoms with Gasteiger partial charge in [-0.2, -0.15) is 15.3 Å². The standard InChI is InChI=1S/C67H52N12O6S3/c1-41(2)24-25-59(80)76(47-18-7-17-46(37-47)54-28-31-71-66-50(40-74-79(54)66)62(83)58-23-10-34-88-58)55(20-6-14-43-12-4-16-45(36-43)53-27-30-70-65-49(39-73-78(53)65)61(82)57-22-9-33-87-57)67(85)75-51(63(68)84)19-5-13-42-11-3-15-44(35-42)52-26-29-69-64-48(38-72-77(52)64)60(81)56-21-8-32-86-56/h3-4,6-12,14-18,21-23,26-41,51,55H,19-20,24-25H2,1-2H3,(H2,68,84)(H,75,85). The first-order valence-corrected chi connectivity index (χ1v) is 30.6. The van der Waals surface area contributed by atoms with Gasteiger partial charge in [0.25, 0.3) is 0 Å². The van der Waals surface area contributed by atoms with E-state index in [1.807, 2.05) is 115 Å². The minimum atomic E-state index is -1.29. The van der Waals surface area contributed by atoms with Gasteiger partial charge in [0, 0.05) is 59.4 Å². The highest BCUT2D eigenvalue weighted by atomic mass is 32.1. The van der Waals surface area contributed by atoms with Crippen LogP contribution < -0.4 is 16.0 Å². The Bertz CT molecular complexity index is 4720. The number of benzene rings is 3. The van der Waals surface area contributed by atoms with E-state index in [1.54, 1.807) is 86.7 Å². The molecule has 0 saturated heterocycles. The van der Waals surface area contributed by atoms with Crippen LogP contribution in [-0.4, -0.2) is 90.9 Å². The molecule has 3 amide bonds. The van der Waals surface area contributed by atoms with Crippen LogP contribution in [0, 0.1) is 17.8 Å². The molecular formula is C67H52N12O6S3. The highest BCUT2D eigenvalue weighted by molar-refractivity contribution is 7.13. The number of nitrogens with two attached hydrogens (primary N) is 1. The van der Waals surface area contributed by atoms with Gasteiger partial charge < -0.3 is 11.1 Å². The van der Waals surface area contributed by atoms with Crippen LogP contribution in [0.5, 0.6) is 0 Å². The van der Waals surface area contributed by atoms with Gasteiger partial charge in [-0.1, -0.05) is 98.5 Å². The van der Waals surface area contributed by atoms with Gasteiger partial charge in [-0.3, -0.25) is 33.7 Å². The number of nitrogens with one attached hydrogen (secondary N) is 1. The van der Waals surface area contributed by atoms with Crippen LogP contribution in [0.15, 0.2) is 187 Å². The van der Waals surface area contributed by atoms with Crippen molar-refractivity contribution in [1.82, 2.24) is 49.1 Å². The summed E-state index contributed by atoms with van der Waals surface area (Å²) in [7, 11) is 0. The number of rotatable bonds is 21. The molecule has 2 atom stereocenters. The molecule has 0 bridgehead atoms. The Balaban J connectivity index is 0.866. The van der Waals surface area contributed by atoms with Crippen molar-refractivity contribution in [3.8, 4) is 45.6 Å². The Morgan fingerprint density at radius 3 is 1.58 bits per heavy atom. The summed E-state index contributed by atoms with van der Waals surface area (Å²) in [6.07, 6.45) is 13.4. The van der Waals surface area contributed by atoms with Gasteiger partial charge in [0.05, 0.1) is 67.0 Å². The zero-order valence-electron chi connectivity index (χ0n) is 47.3. The number of ketones is 3. The van der Waals surface area contributed by atoms with Gasteiger partial charge >= 0.3 is 0 Å². The number of hydrogen-bond acceptors (Lipinski definition) is 15. The molecule has 2 unspecified atom stereocenters. The van der Waals surface area contributed by atoms with Gasteiger partial charge in [-0.05, 0) is 107 Å². The number of fused-ring (bicyclic) bond motifs is 3. The maximum atomic E-state index is 15.3. The Morgan fingerprint density at radius 1 is 0.602 bits per heavy atom. The first kappa shape index (κ1) is 57.8. The minimum absolute atomic E-state index is 0.0282. The largest absolute Gasteiger partial charge is 0.368 e. The van der Waals surface area contributed by atoms with Crippen molar-refractivity contribution in [2.24, 2.45) is 11.7 Å². The Hall–Kier alpha value is -10.7. The number of carbonyl (C=O) groups is 6. The molecule has 12 rings (SSSR count). The van der Waals surface area contributed by atoms with E-state index in [0.29, 0.717) is 88.6 Å². The van der Waals surface area contributed by atoms with Crippen LogP contribution in [0.4, 0.5) is 5.69 Å². The molecule has 0 aliphatic carbocycles. The quantitative estimate of drug-likeness (QED) is 0.0505. The fourth-order valence-electron chi connectivity index (χ4n) is 10.2. The summed E-state index contributed by atoms with van der Waals surface area (Å²) in [5.74, 6) is 3.93. The summed E-state index contributed by atoms with van der Waals surface area (Å²) in [6, 6.07) is 35.7. The van der Waals surface area contributed by atoms with E-state index in [4.69, 9.17) is 5.73 Å². The lowest BCUT2D eigenvalue weighted by Gasteiger charge is -2.32. The molecular weight excluding hydrogens is 1170 g/mol. The van der Waals surface area contributed by atoms with Crippen molar-refractivity contribution in [3.05, 3.63) is 229 Å². The van der Waals surface area contributed by atoms with E-state index < -0.39 is 23.9 Å². The molecule has 88 heavy (non-hydrogen) atoms. The fraction of sp³-hybridized carbons (Fsp3) is 0.134. The Kier molecular flexibility index (Phi) is 16.7. The summed E-state index contributed by atoms with van der Waals surface area (Å²) < 4.78 is 4.83. The smallest absolute Gasteiger partial charge is 0.244 e. The molecule has 0 spiro atoms. The zero-order valence-corrected chi connectivity index (χ0v) is 49.7. The van der Waals surface area contributed by atoms with Gasteiger partial charge in [0.1, 0.15) is 12.1 Å². The first-order valence-electron chi connectivity index (χ1n) is 28.0. The molecule has 3 N–H and O–H groups in total. The molecule has 21 heteroatoms. The van der Waals surface area contributed by atoms with Gasteiger partial charge in [0.2, 0.25) is 35.1 Å². The molecule has 3 aromatic carbocycles. The van der Waals surface area contributed by atoms with Crippen molar-refractivity contribution >= 4 is 97.8 Å². The van der Waals surface area contributed by atoms with Crippen molar-refractivity contribution in [2.75, 3.05) is 4.90 Å². The minimum Gasteiger partial charge on any atom is -0.368 e. The zero-order chi connectivity index (χ0) is 60.8. The van der Waals surface area contributed by atoms with E-state index in [0.717, 1.165) is 16.7 Å². The number of carbonyl (C=O) groups excluding carboxylic acids is 6. The second-order valence-electron chi connectivity index (χ2n) is 20.9. The van der Waals surface area contributed by atoms with Crippen LogP contribution in [0.2, 0.25) is 0 Å². The SMILES string of the molecule is CC(C)CCC(=O)N(c1cccc(-c2ccnc3c(C(=O)c4cccs4)cnn23)c1)C(CC=Cc1cccc(-c2ccnc3c(C(=O)c4cccs4)cnn23)c1)C(=O)NC(CC#Cc1cccc(-c2ccnc3c(C(=O)c4cccs4)cnn23)c1)C(N)=O. The van der Waals surface area contributed by atoms with E-state index in [9.17, 15) is 19.2 Å². The third-order valence-electron chi connectivity index (χ3n) is 14.6. The first-order chi connectivity index (χ1) is 42.9. The van der Waals surface area contributed by atoms with Crippen LogP contribution in [0.25, 0.3) is 56.8 Å². The molecule has 0 aliphatic heterocycles. The number of hydrogen-bond donors (Lipinski definition) is 2. The van der Waals surface area contributed by atoms with Crippen LogP contribution >= 0.6 is 34.0 Å². The predicted octanol–water partition coefficient (Wildman–Crippen LogP) is 11.3. The van der Waals surface area contributed by atoms with E-state index in [2.05, 4.69) is 47.4 Å². The normalized spacial score (nSPS) is 12.1. The topological polar surface area (TPSA) is 234 Å². The number of anilines is 1. The summed E-state index contributed by atoms with van der Waals surface area (Å²) in [4.78, 5) is 101. The molecule has 0 aliphatic rings. The average molecular weight is 1220 g/mol. The van der Waals surface area contributed by atoms with Crippen LogP contribution in [0.1, 0.15) is 96.4 Å². The Morgan fingerprint density at radius 2 is 1.09 bits per heavy atom. The van der Waals surface area contributed by atoms with E-state index >= 15 is 9.59 Å². The van der Waals surface area contributed by atoms with Crippen molar-refractivity contribution in [2.45, 2.75) is 51.6 Å². The summed E-state index contributed by atoms with van der Waals surface area (Å²) in [5, 5.41) is 22.1. The number of primary amides is 1. The third-order valence-corrected chi connectivity index (χ3v) is 17.2. The molecule has 0 saturated carbocycles. The predicted molar refractivity (Wildman–Crippen MR) is 340 cm³/mol. The number of nitrogens with zero attached hydrogens (tertiary/aromatic N) is 10. The monoisotopic (exact) mass is 1220 g/mol. The maximum absolute atomic E-state index is 15.3. The summed E-state index contributed by atoms with van der Waals surface area (Å²) >= 11 is 4.01. The molecule has 9 heterocycles. The highest BCUT2D eigenvalue weighted by Crippen LogP contribution is 2.32. The molecule has 0 fully saturated rings. The average Bonchev–Trinajstić information content (AvgIpc) is 2.00. The van der Waals surface area contributed by atoms with Crippen molar-refractivity contribution < 1.29 is 28.8 Å². The molecule has 9 aromatic heterocycles. The lowest BCUT2D eigenvalue weighted by molar-refractivity contribution is -0.129.